The van der Waals surface area contributed by atoms with Gasteiger partial charge in [0.1, 0.15) is 0 Å². The third kappa shape index (κ3) is 3.92. The lowest BCUT2D eigenvalue weighted by atomic mass is 10.00. The van der Waals surface area contributed by atoms with Gasteiger partial charge in [0.2, 0.25) is 5.91 Å². The van der Waals surface area contributed by atoms with Crippen LogP contribution in [0.2, 0.25) is 0 Å². The number of hydrogen-bond donors (Lipinski definition) is 2. The van der Waals surface area contributed by atoms with E-state index >= 15 is 0 Å². The zero-order valence-electron chi connectivity index (χ0n) is 9.52. The Morgan fingerprint density at radius 2 is 1.79 bits per heavy atom. The van der Waals surface area contributed by atoms with Crippen molar-refractivity contribution in [3.63, 3.8) is 0 Å². The first-order valence-corrected chi connectivity index (χ1v) is 5.40. The molecule has 0 spiro atoms. The Hall–Kier alpha value is -0.830. The van der Waals surface area contributed by atoms with Crippen molar-refractivity contribution in [1.82, 2.24) is 5.32 Å². The molecule has 3 nitrogen and oxygen atoms in total. The van der Waals surface area contributed by atoms with Gasteiger partial charge in [-0.05, 0) is 32.7 Å². The van der Waals surface area contributed by atoms with Crippen molar-refractivity contribution < 1.29 is 4.79 Å². The summed E-state index contributed by atoms with van der Waals surface area (Å²) < 4.78 is 0. The minimum atomic E-state index is 0.0525. The van der Waals surface area contributed by atoms with Crippen LogP contribution < -0.4 is 11.1 Å². The summed E-state index contributed by atoms with van der Waals surface area (Å²) in [6.07, 6.45) is 2.55. The average Bonchev–Trinajstić information content (AvgIpc) is 2.18. The van der Waals surface area contributed by atoms with Crippen molar-refractivity contribution in [3.05, 3.63) is 11.1 Å². The molecule has 0 aliphatic heterocycles. The van der Waals surface area contributed by atoms with E-state index in [-0.39, 0.29) is 5.91 Å². The predicted molar refractivity (Wildman–Crippen MR) is 60.0 cm³/mol. The number of nitrogens with two attached hydrogens (primary N) is 1. The molecule has 0 radical (unpaired) electrons. The highest BCUT2D eigenvalue weighted by molar-refractivity contribution is 5.94. The Bertz CT molecular complexity index is 203. The lowest BCUT2D eigenvalue weighted by Gasteiger charge is -2.11. The van der Waals surface area contributed by atoms with E-state index in [4.69, 9.17) is 5.73 Å². The molecule has 0 aromatic carbocycles. The summed E-state index contributed by atoms with van der Waals surface area (Å²) in [5, 5.41) is 2.83. The molecule has 0 atom stereocenters. The summed E-state index contributed by atoms with van der Waals surface area (Å²) in [6.45, 7) is 7.29. The summed E-state index contributed by atoms with van der Waals surface area (Å²) in [6, 6.07) is 0. The Balaban J connectivity index is 4.70. The largest absolute Gasteiger partial charge is 0.353 e. The smallest absolute Gasteiger partial charge is 0.247 e. The third-order valence-electron chi connectivity index (χ3n) is 2.29. The molecule has 82 valence electrons. The van der Waals surface area contributed by atoms with Gasteiger partial charge in [-0.1, -0.05) is 19.4 Å². The zero-order valence-corrected chi connectivity index (χ0v) is 9.52. The molecule has 3 heteroatoms. The van der Waals surface area contributed by atoms with Gasteiger partial charge in [-0.3, -0.25) is 4.79 Å². The van der Waals surface area contributed by atoms with E-state index in [0.29, 0.717) is 19.5 Å². The van der Waals surface area contributed by atoms with Gasteiger partial charge in [-0.2, -0.15) is 0 Å². The normalized spacial score (nSPS) is 9.71. The van der Waals surface area contributed by atoms with Crippen LogP contribution in [0.3, 0.4) is 0 Å². The minimum absolute atomic E-state index is 0.0525. The molecular formula is C11H22N2O. The molecule has 0 saturated carbocycles. The number of carbonyl (C=O) groups excluding carboxylic acids is 1. The monoisotopic (exact) mass is 198 g/mol. The molecule has 0 aromatic rings. The maximum absolute atomic E-state index is 11.7. The Morgan fingerprint density at radius 1 is 1.21 bits per heavy atom. The van der Waals surface area contributed by atoms with Crippen molar-refractivity contribution in [2.45, 2.75) is 40.0 Å². The molecule has 0 rings (SSSR count). The summed E-state index contributed by atoms with van der Waals surface area (Å²) >= 11 is 0. The topological polar surface area (TPSA) is 55.1 Å². The van der Waals surface area contributed by atoms with Crippen LogP contribution in [0.4, 0.5) is 0 Å². The van der Waals surface area contributed by atoms with Gasteiger partial charge in [0.25, 0.3) is 0 Å². The van der Waals surface area contributed by atoms with Gasteiger partial charge >= 0.3 is 0 Å². The molecule has 0 fully saturated rings. The molecule has 3 N–H and O–H groups in total. The van der Waals surface area contributed by atoms with Crippen LogP contribution in [0.5, 0.6) is 0 Å². The molecule has 0 aliphatic rings. The zero-order chi connectivity index (χ0) is 11.0. The lowest BCUT2D eigenvalue weighted by molar-refractivity contribution is -0.117. The third-order valence-corrected chi connectivity index (χ3v) is 2.29. The van der Waals surface area contributed by atoms with Crippen LogP contribution in [0.25, 0.3) is 0 Å². The minimum Gasteiger partial charge on any atom is -0.353 e. The first-order valence-electron chi connectivity index (χ1n) is 5.40. The van der Waals surface area contributed by atoms with Crippen molar-refractivity contribution in [2.24, 2.45) is 5.73 Å². The molecule has 0 saturated heterocycles. The molecule has 0 bridgehead atoms. The predicted octanol–water partition coefficient (Wildman–Crippen LogP) is 1.59. The summed E-state index contributed by atoms with van der Waals surface area (Å²) in [7, 11) is 0. The van der Waals surface area contributed by atoms with Gasteiger partial charge in [-0.25, -0.2) is 0 Å². The number of amides is 1. The molecule has 0 aliphatic carbocycles. The van der Waals surface area contributed by atoms with Crippen LogP contribution in [0.1, 0.15) is 40.0 Å². The highest BCUT2D eigenvalue weighted by atomic mass is 16.1. The van der Waals surface area contributed by atoms with Crippen molar-refractivity contribution >= 4 is 5.91 Å². The van der Waals surface area contributed by atoms with Gasteiger partial charge in [-0.15, -0.1) is 0 Å². The van der Waals surface area contributed by atoms with Crippen LogP contribution in [-0.4, -0.2) is 19.0 Å². The molecule has 0 unspecified atom stereocenters. The van der Waals surface area contributed by atoms with Crippen LogP contribution in [0.15, 0.2) is 11.1 Å². The summed E-state index contributed by atoms with van der Waals surface area (Å²) in [4.78, 5) is 11.7. The fraction of sp³-hybridized carbons (Fsp3) is 0.727. The first-order chi connectivity index (χ1) is 6.71. The SMILES string of the molecule is CCNC(=O)C(CCN)=C(CC)CC. The fourth-order valence-corrected chi connectivity index (χ4v) is 1.54. The maximum Gasteiger partial charge on any atom is 0.247 e. The van der Waals surface area contributed by atoms with E-state index < -0.39 is 0 Å². The highest BCUT2D eigenvalue weighted by Crippen LogP contribution is 2.15. The van der Waals surface area contributed by atoms with Crippen LogP contribution >= 0.6 is 0 Å². The molecule has 1 amide bonds. The van der Waals surface area contributed by atoms with Gasteiger partial charge in [0.15, 0.2) is 0 Å². The van der Waals surface area contributed by atoms with Crippen molar-refractivity contribution in [1.29, 1.82) is 0 Å². The van der Waals surface area contributed by atoms with Gasteiger partial charge < -0.3 is 11.1 Å². The van der Waals surface area contributed by atoms with Crippen molar-refractivity contribution in [3.8, 4) is 0 Å². The Kier molecular flexibility index (Phi) is 7.11. The number of carbonyl (C=O) groups is 1. The molecule has 0 heterocycles. The maximum atomic E-state index is 11.7. The van der Waals surface area contributed by atoms with Gasteiger partial charge in [0.05, 0.1) is 0 Å². The average molecular weight is 198 g/mol. The number of hydrogen-bond acceptors (Lipinski definition) is 2. The fourth-order valence-electron chi connectivity index (χ4n) is 1.54. The second kappa shape index (κ2) is 7.56. The van der Waals surface area contributed by atoms with E-state index in [0.717, 1.165) is 18.4 Å². The Labute approximate surface area is 86.8 Å². The van der Waals surface area contributed by atoms with Crippen molar-refractivity contribution in [2.75, 3.05) is 13.1 Å². The molecule has 0 aromatic heterocycles. The summed E-state index contributed by atoms with van der Waals surface area (Å²) in [5.74, 6) is 0.0525. The van der Waals surface area contributed by atoms with Crippen LogP contribution in [-0.2, 0) is 4.79 Å². The van der Waals surface area contributed by atoms with E-state index in [1.54, 1.807) is 0 Å². The standard InChI is InChI=1S/C11H22N2O/c1-4-9(5-2)10(7-8-12)11(14)13-6-3/h4-8,12H2,1-3H3,(H,13,14). The Morgan fingerprint density at radius 3 is 2.14 bits per heavy atom. The number of nitrogens with one attached hydrogen (secondary N) is 1. The quantitative estimate of drug-likeness (QED) is 0.637. The summed E-state index contributed by atoms with van der Waals surface area (Å²) in [5.41, 5.74) is 7.61. The van der Waals surface area contributed by atoms with Crippen LogP contribution in [0, 0.1) is 0 Å². The van der Waals surface area contributed by atoms with E-state index in [1.165, 1.54) is 5.57 Å². The van der Waals surface area contributed by atoms with E-state index in [9.17, 15) is 4.79 Å². The van der Waals surface area contributed by atoms with E-state index in [1.807, 2.05) is 6.92 Å². The number of rotatable bonds is 6. The molecule has 14 heavy (non-hydrogen) atoms. The second-order valence-corrected chi connectivity index (χ2v) is 3.19. The van der Waals surface area contributed by atoms with E-state index in [2.05, 4.69) is 19.2 Å². The lowest BCUT2D eigenvalue weighted by Crippen LogP contribution is -2.26. The van der Waals surface area contributed by atoms with Gasteiger partial charge in [0, 0.05) is 12.1 Å². The highest BCUT2D eigenvalue weighted by Gasteiger charge is 2.11. The molecular weight excluding hydrogens is 176 g/mol. The number of likely N-dealkylation sites (N-methyl/N-ethyl adjacent to an activating group) is 1. The number of allylic oxidation sites excluding steroid dienone is 1. The first kappa shape index (κ1) is 13.2. The second-order valence-electron chi connectivity index (χ2n) is 3.19.